The lowest BCUT2D eigenvalue weighted by Gasteiger charge is -2.09. The lowest BCUT2D eigenvalue weighted by Crippen LogP contribution is -2.22. The molecular weight excluding hydrogens is 296 g/mol. The van der Waals surface area contributed by atoms with Crippen molar-refractivity contribution in [2.75, 3.05) is 5.32 Å². The van der Waals surface area contributed by atoms with Crippen LogP contribution < -0.4 is 10.6 Å². The fraction of sp³-hybridized carbons (Fsp3) is 0.294. The van der Waals surface area contributed by atoms with E-state index >= 15 is 0 Å². The van der Waals surface area contributed by atoms with Crippen LogP contribution >= 0.6 is 11.3 Å². The first kappa shape index (κ1) is 16.2. The van der Waals surface area contributed by atoms with Crippen LogP contribution in [0.15, 0.2) is 35.7 Å². The summed E-state index contributed by atoms with van der Waals surface area (Å²) >= 11 is 1.45. The third-order valence-corrected chi connectivity index (χ3v) is 4.28. The summed E-state index contributed by atoms with van der Waals surface area (Å²) in [5.41, 5.74) is 2.75. The minimum absolute atomic E-state index is 0.00535. The lowest BCUT2D eigenvalue weighted by molar-refractivity contribution is -0.118. The minimum atomic E-state index is -0.0512. The molecule has 0 atom stereocenters. The summed E-state index contributed by atoms with van der Waals surface area (Å²) in [5.74, 6) is -0.105. The highest BCUT2D eigenvalue weighted by atomic mass is 32.1. The Labute approximate surface area is 134 Å². The van der Waals surface area contributed by atoms with Crippen molar-refractivity contribution in [1.82, 2.24) is 5.32 Å². The summed E-state index contributed by atoms with van der Waals surface area (Å²) in [6.45, 7) is 6.10. The van der Waals surface area contributed by atoms with Gasteiger partial charge in [-0.3, -0.25) is 9.59 Å². The van der Waals surface area contributed by atoms with Gasteiger partial charge < -0.3 is 10.6 Å². The standard InChI is InChI=1S/C17H20N2O2S/c1-11(2)16(20)19-14-6-4-13(5-7-14)10-18-17(21)15-12(3)8-9-22-15/h4-9,11H,10H2,1-3H3,(H,18,21)(H,19,20). The highest BCUT2D eigenvalue weighted by Gasteiger charge is 2.10. The average molecular weight is 316 g/mol. The van der Waals surface area contributed by atoms with Crippen LogP contribution in [0.1, 0.15) is 34.6 Å². The average Bonchev–Trinajstić information content (AvgIpc) is 2.92. The maximum atomic E-state index is 12.0. The zero-order chi connectivity index (χ0) is 16.1. The molecule has 0 spiro atoms. The van der Waals surface area contributed by atoms with Crippen LogP contribution in [0.25, 0.3) is 0 Å². The first-order chi connectivity index (χ1) is 10.5. The van der Waals surface area contributed by atoms with Crippen LogP contribution in [0.3, 0.4) is 0 Å². The predicted molar refractivity (Wildman–Crippen MR) is 90.1 cm³/mol. The van der Waals surface area contributed by atoms with Gasteiger partial charge in [-0.1, -0.05) is 26.0 Å². The molecule has 2 N–H and O–H groups in total. The number of carbonyl (C=O) groups excluding carboxylic acids is 2. The van der Waals surface area contributed by atoms with Gasteiger partial charge in [0.2, 0.25) is 5.91 Å². The van der Waals surface area contributed by atoms with E-state index < -0.39 is 0 Å². The summed E-state index contributed by atoms with van der Waals surface area (Å²) < 4.78 is 0. The second kappa shape index (κ2) is 7.22. The van der Waals surface area contributed by atoms with Crippen LogP contribution in [-0.4, -0.2) is 11.8 Å². The topological polar surface area (TPSA) is 58.2 Å². The summed E-state index contributed by atoms with van der Waals surface area (Å²) in [6, 6.07) is 9.43. The molecule has 2 aromatic rings. The molecule has 1 aromatic heterocycles. The second-order valence-electron chi connectivity index (χ2n) is 5.46. The molecule has 0 radical (unpaired) electrons. The minimum Gasteiger partial charge on any atom is -0.347 e. The zero-order valence-corrected chi connectivity index (χ0v) is 13.8. The molecule has 4 nitrogen and oxygen atoms in total. The number of hydrogen-bond donors (Lipinski definition) is 2. The number of rotatable bonds is 5. The molecule has 0 fully saturated rings. The first-order valence-corrected chi connectivity index (χ1v) is 8.07. The molecule has 0 bridgehead atoms. The van der Waals surface area contributed by atoms with E-state index in [0.29, 0.717) is 6.54 Å². The Morgan fingerprint density at radius 1 is 1.14 bits per heavy atom. The fourth-order valence-electron chi connectivity index (χ4n) is 1.86. The van der Waals surface area contributed by atoms with Gasteiger partial charge in [-0.05, 0) is 41.6 Å². The predicted octanol–water partition coefficient (Wildman–Crippen LogP) is 3.58. The highest BCUT2D eigenvalue weighted by Crippen LogP contribution is 2.16. The van der Waals surface area contributed by atoms with Crippen LogP contribution in [-0.2, 0) is 11.3 Å². The fourth-order valence-corrected chi connectivity index (χ4v) is 2.70. The van der Waals surface area contributed by atoms with Gasteiger partial charge in [0.1, 0.15) is 0 Å². The number of anilines is 1. The molecule has 1 heterocycles. The van der Waals surface area contributed by atoms with E-state index in [4.69, 9.17) is 0 Å². The van der Waals surface area contributed by atoms with E-state index in [-0.39, 0.29) is 17.7 Å². The Kier molecular flexibility index (Phi) is 5.33. The van der Waals surface area contributed by atoms with Crippen molar-refractivity contribution >= 4 is 28.8 Å². The monoisotopic (exact) mass is 316 g/mol. The Hall–Kier alpha value is -2.14. The quantitative estimate of drug-likeness (QED) is 0.886. The number of amides is 2. The third-order valence-electron chi connectivity index (χ3n) is 3.27. The normalized spacial score (nSPS) is 10.5. The number of hydrogen-bond acceptors (Lipinski definition) is 3. The first-order valence-electron chi connectivity index (χ1n) is 7.19. The summed E-state index contributed by atoms with van der Waals surface area (Å²) in [5, 5.41) is 7.66. The van der Waals surface area contributed by atoms with Gasteiger partial charge in [-0.15, -0.1) is 11.3 Å². The summed E-state index contributed by atoms with van der Waals surface area (Å²) in [7, 11) is 0. The van der Waals surface area contributed by atoms with E-state index in [9.17, 15) is 9.59 Å². The van der Waals surface area contributed by atoms with Gasteiger partial charge in [0, 0.05) is 18.2 Å². The molecule has 22 heavy (non-hydrogen) atoms. The second-order valence-corrected chi connectivity index (χ2v) is 6.37. The van der Waals surface area contributed by atoms with E-state index in [1.165, 1.54) is 11.3 Å². The molecule has 0 aliphatic rings. The third kappa shape index (κ3) is 4.18. The SMILES string of the molecule is Cc1ccsc1C(=O)NCc1ccc(NC(=O)C(C)C)cc1. The van der Waals surface area contributed by atoms with Gasteiger partial charge >= 0.3 is 0 Å². The molecule has 2 amide bonds. The largest absolute Gasteiger partial charge is 0.347 e. The number of carbonyl (C=O) groups is 2. The lowest BCUT2D eigenvalue weighted by atomic mass is 10.1. The Balaban J connectivity index is 1.90. The summed E-state index contributed by atoms with van der Waals surface area (Å²) in [4.78, 5) is 24.4. The van der Waals surface area contributed by atoms with Crippen molar-refractivity contribution < 1.29 is 9.59 Å². The molecule has 2 rings (SSSR count). The molecule has 0 saturated carbocycles. The maximum Gasteiger partial charge on any atom is 0.261 e. The Morgan fingerprint density at radius 3 is 2.36 bits per heavy atom. The van der Waals surface area contributed by atoms with Crippen LogP contribution in [0.2, 0.25) is 0 Å². The van der Waals surface area contributed by atoms with Gasteiger partial charge in [-0.2, -0.15) is 0 Å². The molecule has 0 unspecified atom stereocenters. The van der Waals surface area contributed by atoms with Crippen molar-refractivity contribution in [3.63, 3.8) is 0 Å². The van der Waals surface area contributed by atoms with Crippen molar-refractivity contribution in [1.29, 1.82) is 0 Å². The maximum absolute atomic E-state index is 12.0. The van der Waals surface area contributed by atoms with Gasteiger partial charge in [-0.25, -0.2) is 0 Å². The van der Waals surface area contributed by atoms with Crippen LogP contribution in [0.4, 0.5) is 5.69 Å². The Morgan fingerprint density at radius 2 is 1.82 bits per heavy atom. The molecule has 0 saturated heterocycles. The molecule has 116 valence electrons. The van der Waals surface area contributed by atoms with Crippen LogP contribution in [0.5, 0.6) is 0 Å². The number of thiophene rings is 1. The van der Waals surface area contributed by atoms with E-state index in [1.807, 2.05) is 56.5 Å². The van der Waals surface area contributed by atoms with Crippen molar-refractivity contribution in [2.24, 2.45) is 5.92 Å². The number of aryl methyl sites for hydroxylation is 1. The van der Waals surface area contributed by atoms with Crippen LogP contribution in [0, 0.1) is 12.8 Å². The highest BCUT2D eigenvalue weighted by molar-refractivity contribution is 7.12. The Bertz CT molecular complexity index is 660. The smallest absolute Gasteiger partial charge is 0.261 e. The van der Waals surface area contributed by atoms with Crippen molar-refractivity contribution in [3.8, 4) is 0 Å². The number of benzene rings is 1. The molecular formula is C17H20N2O2S. The molecule has 1 aromatic carbocycles. The van der Waals surface area contributed by atoms with E-state index in [2.05, 4.69) is 10.6 Å². The molecule has 0 aliphatic heterocycles. The van der Waals surface area contributed by atoms with Crippen molar-refractivity contribution in [2.45, 2.75) is 27.3 Å². The van der Waals surface area contributed by atoms with E-state index in [0.717, 1.165) is 21.7 Å². The molecule has 5 heteroatoms. The van der Waals surface area contributed by atoms with Gasteiger partial charge in [0.25, 0.3) is 5.91 Å². The number of nitrogens with one attached hydrogen (secondary N) is 2. The molecule has 0 aliphatic carbocycles. The van der Waals surface area contributed by atoms with Crippen molar-refractivity contribution in [3.05, 3.63) is 51.7 Å². The zero-order valence-electron chi connectivity index (χ0n) is 13.0. The summed E-state index contributed by atoms with van der Waals surface area (Å²) in [6.07, 6.45) is 0. The van der Waals surface area contributed by atoms with Gasteiger partial charge in [0.05, 0.1) is 4.88 Å². The van der Waals surface area contributed by atoms with Gasteiger partial charge in [0.15, 0.2) is 0 Å². The van der Waals surface area contributed by atoms with E-state index in [1.54, 1.807) is 0 Å².